The molecule has 5 nitrogen and oxygen atoms in total. The second-order valence-corrected chi connectivity index (χ2v) is 10.0. The number of hydrogen-bond acceptors (Lipinski definition) is 5. The number of nitrogens with zero attached hydrogens (tertiary/aromatic N) is 5. The maximum absolute atomic E-state index is 5.19. The molecule has 0 radical (unpaired) electrons. The zero-order valence-electron chi connectivity index (χ0n) is 22.5. The Balaban J connectivity index is 1.45. The number of fused-ring (bicyclic) bond motifs is 2. The summed E-state index contributed by atoms with van der Waals surface area (Å²) in [5.74, 6) is 0.855. The molecule has 190 valence electrons. The summed E-state index contributed by atoms with van der Waals surface area (Å²) in [6.45, 7) is 10.7. The van der Waals surface area contributed by atoms with Crippen LogP contribution in [-0.4, -0.2) is 28.8 Å². The van der Waals surface area contributed by atoms with Gasteiger partial charge in [-0.2, -0.15) is 5.10 Å². The van der Waals surface area contributed by atoms with E-state index < -0.39 is 0 Å². The molecule has 0 saturated heterocycles. The van der Waals surface area contributed by atoms with E-state index in [1.807, 2.05) is 6.07 Å². The first-order valence-corrected chi connectivity index (χ1v) is 13.5. The van der Waals surface area contributed by atoms with Crippen LogP contribution in [0, 0.1) is 13.8 Å². The average molecular weight is 500 g/mol. The van der Waals surface area contributed by atoms with Crippen LogP contribution in [0.1, 0.15) is 48.7 Å². The highest BCUT2D eigenvalue weighted by molar-refractivity contribution is 6.03. The highest BCUT2D eigenvalue weighted by atomic mass is 15.5. The van der Waals surface area contributed by atoms with Crippen LogP contribution in [0.4, 0.5) is 11.5 Å². The van der Waals surface area contributed by atoms with Crippen LogP contribution in [0.15, 0.2) is 90.0 Å². The van der Waals surface area contributed by atoms with Gasteiger partial charge in [-0.3, -0.25) is 4.98 Å². The molecule has 0 aliphatic carbocycles. The minimum Gasteiger partial charge on any atom is -0.372 e. The van der Waals surface area contributed by atoms with Crippen LogP contribution in [0.25, 0.3) is 21.8 Å². The van der Waals surface area contributed by atoms with Crippen molar-refractivity contribution in [3.8, 4) is 0 Å². The Morgan fingerprint density at radius 2 is 1.37 bits per heavy atom. The highest BCUT2D eigenvalue weighted by Gasteiger charge is 2.32. The summed E-state index contributed by atoms with van der Waals surface area (Å²) in [6.07, 6.45) is 0.767. The van der Waals surface area contributed by atoms with E-state index >= 15 is 0 Å². The lowest BCUT2D eigenvalue weighted by atomic mass is 9.99. The first kappa shape index (κ1) is 24.1. The lowest BCUT2D eigenvalue weighted by Gasteiger charge is -2.23. The number of anilines is 2. The molecule has 0 saturated carbocycles. The molecule has 6 rings (SSSR count). The van der Waals surface area contributed by atoms with Crippen LogP contribution in [0.2, 0.25) is 0 Å². The molecular formula is C33H33N5. The first-order valence-electron chi connectivity index (χ1n) is 13.5. The molecule has 1 atom stereocenters. The first-order chi connectivity index (χ1) is 18.6. The third kappa shape index (κ3) is 4.28. The molecule has 0 spiro atoms. The maximum atomic E-state index is 5.19. The van der Waals surface area contributed by atoms with E-state index in [0.717, 1.165) is 53.3 Å². The van der Waals surface area contributed by atoms with Crippen LogP contribution in [0.3, 0.4) is 0 Å². The number of aryl methyl sites for hydroxylation is 2. The van der Waals surface area contributed by atoms with Gasteiger partial charge in [0, 0.05) is 36.0 Å². The predicted molar refractivity (Wildman–Crippen MR) is 159 cm³/mol. The van der Waals surface area contributed by atoms with E-state index in [9.17, 15) is 0 Å². The largest absolute Gasteiger partial charge is 0.372 e. The fourth-order valence-corrected chi connectivity index (χ4v) is 5.58. The molecule has 0 fully saturated rings. The molecule has 0 N–H and O–H groups in total. The Kier molecular flexibility index (Phi) is 6.28. The summed E-state index contributed by atoms with van der Waals surface area (Å²) in [4.78, 5) is 12.5. The van der Waals surface area contributed by atoms with Crippen LogP contribution >= 0.6 is 0 Å². The average Bonchev–Trinajstić information content (AvgIpc) is 3.40. The van der Waals surface area contributed by atoms with Gasteiger partial charge in [0.15, 0.2) is 0 Å². The molecule has 0 bridgehead atoms. The number of hydrogen-bond donors (Lipinski definition) is 0. The van der Waals surface area contributed by atoms with Gasteiger partial charge in [-0.15, -0.1) is 0 Å². The second kappa shape index (κ2) is 9.90. The normalized spacial score (nSPS) is 15.3. The molecule has 38 heavy (non-hydrogen) atoms. The van der Waals surface area contributed by atoms with Gasteiger partial charge in [0.2, 0.25) is 0 Å². The van der Waals surface area contributed by atoms with Gasteiger partial charge in [0.05, 0.1) is 22.4 Å². The summed E-state index contributed by atoms with van der Waals surface area (Å²) in [5, 5.41) is 9.64. The van der Waals surface area contributed by atoms with E-state index in [0.29, 0.717) is 0 Å². The van der Waals surface area contributed by atoms with E-state index in [1.165, 1.54) is 27.6 Å². The van der Waals surface area contributed by atoms with Crippen molar-refractivity contribution in [2.24, 2.45) is 5.10 Å². The molecule has 0 amide bonds. The lowest BCUT2D eigenvalue weighted by molar-refractivity contribution is 0.681. The van der Waals surface area contributed by atoms with Crippen LogP contribution in [-0.2, 0) is 0 Å². The molecule has 2 aromatic heterocycles. The Morgan fingerprint density at radius 3 is 2.03 bits per heavy atom. The van der Waals surface area contributed by atoms with E-state index in [4.69, 9.17) is 15.1 Å². The van der Waals surface area contributed by atoms with Crippen LogP contribution < -0.4 is 9.91 Å². The second-order valence-electron chi connectivity index (χ2n) is 10.0. The molecule has 3 aromatic carbocycles. The summed E-state index contributed by atoms with van der Waals surface area (Å²) in [5.41, 5.74) is 8.88. The smallest absolute Gasteiger partial charge is 0.150 e. The number of para-hydroxylation sites is 2. The number of benzene rings is 3. The third-order valence-electron chi connectivity index (χ3n) is 7.67. The summed E-state index contributed by atoms with van der Waals surface area (Å²) < 4.78 is 0. The van der Waals surface area contributed by atoms with Gasteiger partial charge in [-0.05, 0) is 80.8 Å². The van der Waals surface area contributed by atoms with Gasteiger partial charge in [-0.1, -0.05) is 48.5 Å². The standard InChI is InChI=1S/C33H33N5/c1-5-37(6-2)25-17-15-24(16-18-25)30-21-32(31-19-22(3)26-11-7-9-13-28(26)34-31)38(36-30)33-20-23(4)27-12-8-10-14-29(27)35-33/h7-20,32H,5-6,21H2,1-4H3. The number of hydrazone groups is 1. The monoisotopic (exact) mass is 499 g/mol. The van der Waals surface area contributed by atoms with Crippen molar-refractivity contribution in [2.75, 3.05) is 23.0 Å². The number of aromatic nitrogens is 2. The summed E-state index contributed by atoms with van der Waals surface area (Å²) in [6, 6.07) is 29.8. The molecular weight excluding hydrogens is 466 g/mol. The van der Waals surface area contributed by atoms with E-state index in [1.54, 1.807) is 0 Å². The molecule has 5 aromatic rings. The van der Waals surface area contributed by atoms with Gasteiger partial charge >= 0.3 is 0 Å². The van der Waals surface area contributed by atoms with Crippen molar-refractivity contribution in [3.63, 3.8) is 0 Å². The number of rotatable bonds is 6. The Morgan fingerprint density at radius 1 is 0.763 bits per heavy atom. The zero-order chi connectivity index (χ0) is 26.2. The van der Waals surface area contributed by atoms with E-state index in [2.05, 4.69) is 116 Å². The summed E-state index contributed by atoms with van der Waals surface area (Å²) in [7, 11) is 0. The maximum Gasteiger partial charge on any atom is 0.150 e. The van der Waals surface area contributed by atoms with Crippen molar-refractivity contribution in [1.29, 1.82) is 0 Å². The molecule has 5 heteroatoms. The minimum absolute atomic E-state index is 0.0381. The Labute approximate surface area is 224 Å². The van der Waals surface area contributed by atoms with E-state index in [-0.39, 0.29) is 6.04 Å². The highest BCUT2D eigenvalue weighted by Crippen LogP contribution is 2.38. The lowest BCUT2D eigenvalue weighted by Crippen LogP contribution is -2.21. The van der Waals surface area contributed by atoms with Gasteiger partial charge < -0.3 is 4.90 Å². The van der Waals surface area contributed by atoms with Gasteiger partial charge in [0.1, 0.15) is 11.9 Å². The zero-order valence-corrected chi connectivity index (χ0v) is 22.5. The van der Waals surface area contributed by atoms with Crippen LogP contribution in [0.5, 0.6) is 0 Å². The molecule has 3 heterocycles. The fourth-order valence-electron chi connectivity index (χ4n) is 5.58. The van der Waals surface area contributed by atoms with Gasteiger partial charge in [-0.25, -0.2) is 9.99 Å². The molecule has 1 aliphatic rings. The van der Waals surface area contributed by atoms with Gasteiger partial charge in [0.25, 0.3) is 0 Å². The topological polar surface area (TPSA) is 44.6 Å². The fraction of sp³-hybridized carbons (Fsp3) is 0.242. The minimum atomic E-state index is -0.0381. The predicted octanol–water partition coefficient (Wildman–Crippen LogP) is 7.60. The Bertz CT molecular complexity index is 1650. The summed E-state index contributed by atoms with van der Waals surface area (Å²) >= 11 is 0. The van der Waals surface area contributed by atoms with Crippen molar-refractivity contribution < 1.29 is 0 Å². The van der Waals surface area contributed by atoms with Crippen molar-refractivity contribution in [3.05, 3.63) is 107 Å². The van der Waals surface area contributed by atoms with Crippen molar-refractivity contribution in [1.82, 2.24) is 9.97 Å². The Hall–Kier alpha value is -4.25. The molecule has 1 aliphatic heterocycles. The van der Waals surface area contributed by atoms with Crippen molar-refractivity contribution >= 4 is 39.0 Å². The SMILES string of the molecule is CCN(CC)c1ccc(C2=NN(c3cc(C)c4ccccc4n3)C(c3cc(C)c4ccccc4n3)C2)cc1. The van der Waals surface area contributed by atoms with Crippen molar-refractivity contribution in [2.45, 2.75) is 40.2 Å². The number of pyridine rings is 2. The third-order valence-corrected chi connectivity index (χ3v) is 7.67. The quantitative estimate of drug-likeness (QED) is 0.241. The molecule has 1 unspecified atom stereocenters.